The van der Waals surface area contributed by atoms with Crippen molar-refractivity contribution < 1.29 is 22.7 Å². The van der Waals surface area contributed by atoms with E-state index in [0.717, 1.165) is 0 Å². The van der Waals surface area contributed by atoms with Crippen LogP contribution in [0, 0.1) is 0 Å². The zero-order valence-corrected chi connectivity index (χ0v) is 16.2. The van der Waals surface area contributed by atoms with Gasteiger partial charge in [0.05, 0.1) is 18.1 Å². The van der Waals surface area contributed by atoms with Crippen molar-refractivity contribution in [2.24, 2.45) is 0 Å². The van der Waals surface area contributed by atoms with E-state index in [9.17, 15) is 13.2 Å². The molecular weight excluding hydrogens is 380 g/mol. The molecule has 1 aliphatic heterocycles. The molecule has 28 heavy (non-hydrogen) atoms. The van der Waals surface area contributed by atoms with Gasteiger partial charge < -0.3 is 14.8 Å². The summed E-state index contributed by atoms with van der Waals surface area (Å²) in [7, 11) is -3.66. The van der Waals surface area contributed by atoms with Gasteiger partial charge in [-0.05, 0) is 30.3 Å². The van der Waals surface area contributed by atoms with Crippen LogP contribution >= 0.6 is 0 Å². The molecule has 0 saturated carbocycles. The van der Waals surface area contributed by atoms with E-state index in [4.69, 9.17) is 9.47 Å². The predicted octanol–water partition coefficient (Wildman–Crippen LogP) is 2.52. The highest BCUT2D eigenvalue weighted by Crippen LogP contribution is 2.21. The second-order valence-electron chi connectivity index (χ2n) is 6.13. The van der Waals surface area contributed by atoms with Gasteiger partial charge in [0.15, 0.2) is 0 Å². The third-order valence-electron chi connectivity index (χ3n) is 4.16. The van der Waals surface area contributed by atoms with Crippen LogP contribution in [0.25, 0.3) is 0 Å². The van der Waals surface area contributed by atoms with E-state index in [0.29, 0.717) is 44.3 Å². The molecule has 1 aliphatic rings. The van der Waals surface area contributed by atoms with E-state index >= 15 is 0 Å². The van der Waals surface area contributed by atoms with Crippen LogP contribution in [0.5, 0.6) is 5.75 Å². The lowest BCUT2D eigenvalue weighted by Crippen LogP contribution is -2.40. The summed E-state index contributed by atoms with van der Waals surface area (Å²) in [6.07, 6.45) is 1.63. The minimum Gasteiger partial charge on any atom is -0.489 e. The van der Waals surface area contributed by atoms with Crippen LogP contribution in [-0.4, -0.2) is 51.5 Å². The molecule has 1 heterocycles. The maximum absolute atomic E-state index is 12.8. The van der Waals surface area contributed by atoms with Gasteiger partial charge >= 0.3 is 0 Å². The maximum Gasteiger partial charge on any atom is 0.255 e. The summed E-state index contributed by atoms with van der Waals surface area (Å²) in [5, 5.41) is 2.76. The zero-order valence-electron chi connectivity index (χ0n) is 15.3. The monoisotopic (exact) mass is 402 g/mol. The maximum atomic E-state index is 12.8. The number of carbonyl (C=O) groups is 1. The molecule has 1 N–H and O–H groups in total. The molecule has 1 saturated heterocycles. The number of carbonyl (C=O) groups excluding carboxylic acids is 1. The lowest BCUT2D eigenvalue weighted by molar-refractivity contribution is 0.0730. The van der Waals surface area contributed by atoms with Crippen LogP contribution in [0.4, 0.5) is 5.69 Å². The van der Waals surface area contributed by atoms with Gasteiger partial charge in [-0.25, -0.2) is 8.42 Å². The number of anilines is 1. The first-order chi connectivity index (χ1) is 13.5. The Kier molecular flexibility index (Phi) is 6.45. The number of amides is 1. The van der Waals surface area contributed by atoms with Crippen molar-refractivity contribution in [2.45, 2.75) is 4.90 Å². The Bertz CT molecular complexity index is 953. The number of morpholine rings is 1. The van der Waals surface area contributed by atoms with Crippen molar-refractivity contribution in [1.29, 1.82) is 0 Å². The molecule has 148 valence electrons. The number of hydrogen-bond donors (Lipinski definition) is 1. The number of rotatable bonds is 7. The summed E-state index contributed by atoms with van der Waals surface area (Å²) in [5.41, 5.74) is 0.805. The topological polar surface area (TPSA) is 84.9 Å². The summed E-state index contributed by atoms with van der Waals surface area (Å²) in [6, 6.07) is 13.0. The highest BCUT2D eigenvalue weighted by atomic mass is 32.2. The average molecular weight is 402 g/mol. The summed E-state index contributed by atoms with van der Waals surface area (Å²) < 4.78 is 37.6. The standard InChI is InChI=1S/C20H22N2O5S/c1-2-11-27-18-7-4-6-17(15-18)21-20(23)16-5-3-8-19(14-16)28(24,25)22-9-12-26-13-10-22/h2-8,14-15H,1,9-13H2,(H,21,23). The normalized spacial score (nSPS) is 15.0. The molecule has 0 aromatic heterocycles. The average Bonchev–Trinajstić information content (AvgIpc) is 2.73. The van der Waals surface area contributed by atoms with Crippen LogP contribution in [0.1, 0.15) is 10.4 Å². The molecule has 7 nitrogen and oxygen atoms in total. The van der Waals surface area contributed by atoms with Crippen LogP contribution in [0.15, 0.2) is 66.1 Å². The Hall–Kier alpha value is -2.68. The Morgan fingerprint density at radius 1 is 1.18 bits per heavy atom. The number of nitrogens with zero attached hydrogens (tertiary/aromatic N) is 1. The van der Waals surface area contributed by atoms with Gasteiger partial charge in [-0.15, -0.1) is 0 Å². The van der Waals surface area contributed by atoms with E-state index in [1.807, 2.05) is 0 Å². The third-order valence-corrected chi connectivity index (χ3v) is 6.06. The quantitative estimate of drug-likeness (QED) is 0.720. The molecule has 0 spiro atoms. The predicted molar refractivity (Wildman–Crippen MR) is 106 cm³/mol. The van der Waals surface area contributed by atoms with Gasteiger partial charge in [0.2, 0.25) is 10.0 Å². The molecule has 2 aromatic carbocycles. The van der Waals surface area contributed by atoms with Gasteiger partial charge in [-0.1, -0.05) is 24.8 Å². The van der Waals surface area contributed by atoms with Gasteiger partial charge in [0, 0.05) is 30.4 Å². The summed E-state index contributed by atoms with van der Waals surface area (Å²) in [6.45, 7) is 5.29. The molecule has 1 amide bonds. The van der Waals surface area contributed by atoms with E-state index < -0.39 is 15.9 Å². The minimum absolute atomic E-state index is 0.0881. The Balaban J connectivity index is 1.76. The summed E-state index contributed by atoms with van der Waals surface area (Å²) in [4.78, 5) is 12.7. The van der Waals surface area contributed by atoms with Gasteiger partial charge in [-0.2, -0.15) is 4.31 Å². The van der Waals surface area contributed by atoms with E-state index in [2.05, 4.69) is 11.9 Å². The highest BCUT2D eigenvalue weighted by molar-refractivity contribution is 7.89. The Morgan fingerprint density at radius 2 is 1.93 bits per heavy atom. The molecule has 0 unspecified atom stereocenters. The largest absolute Gasteiger partial charge is 0.489 e. The van der Waals surface area contributed by atoms with Crippen LogP contribution in [-0.2, 0) is 14.8 Å². The van der Waals surface area contributed by atoms with Crippen molar-refractivity contribution >= 4 is 21.6 Å². The van der Waals surface area contributed by atoms with Crippen LogP contribution in [0.3, 0.4) is 0 Å². The summed E-state index contributed by atoms with van der Waals surface area (Å²) >= 11 is 0. The fraction of sp³-hybridized carbons (Fsp3) is 0.250. The molecule has 0 atom stereocenters. The first-order valence-electron chi connectivity index (χ1n) is 8.84. The van der Waals surface area contributed by atoms with Crippen molar-refractivity contribution in [3.05, 3.63) is 66.7 Å². The summed E-state index contributed by atoms with van der Waals surface area (Å²) in [5.74, 6) is 0.196. The molecule has 2 aromatic rings. The SMILES string of the molecule is C=CCOc1cccc(NC(=O)c2cccc(S(=O)(=O)N3CCOCC3)c2)c1. The van der Waals surface area contributed by atoms with Crippen molar-refractivity contribution in [3.8, 4) is 5.75 Å². The fourth-order valence-corrected chi connectivity index (χ4v) is 4.21. The molecule has 3 rings (SSSR count). The van der Waals surface area contributed by atoms with E-state index in [1.54, 1.807) is 42.5 Å². The van der Waals surface area contributed by atoms with Crippen molar-refractivity contribution in [1.82, 2.24) is 4.31 Å². The van der Waals surface area contributed by atoms with Gasteiger partial charge in [0.25, 0.3) is 5.91 Å². The molecule has 8 heteroatoms. The molecule has 0 aliphatic carbocycles. The van der Waals surface area contributed by atoms with Crippen LogP contribution in [0.2, 0.25) is 0 Å². The highest BCUT2D eigenvalue weighted by Gasteiger charge is 2.26. The number of benzene rings is 2. The number of hydrogen-bond acceptors (Lipinski definition) is 5. The lowest BCUT2D eigenvalue weighted by Gasteiger charge is -2.26. The van der Waals surface area contributed by atoms with Crippen LogP contribution < -0.4 is 10.1 Å². The smallest absolute Gasteiger partial charge is 0.255 e. The first-order valence-corrected chi connectivity index (χ1v) is 10.3. The van der Waals surface area contributed by atoms with E-state index in [1.165, 1.54) is 16.4 Å². The lowest BCUT2D eigenvalue weighted by atomic mass is 10.2. The second kappa shape index (κ2) is 9.01. The number of sulfonamides is 1. The number of nitrogens with one attached hydrogen (secondary N) is 1. The fourth-order valence-electron chi connectivity index (χ4n) is 2.76. The van der Waals surface area contributed by atoms with Gasteiger partial charge in [-0.3, -0.25) is 4.79 Å². The molecular formula is C20H22N2O5S. The molecule has 0 bridgehead atoms. The molecule has 0 radical (unpaired) electrons. The molecule has 1 fully saturated rings. The number of ether oxygens (including phenoxy) is 2. The Morgan fingerprint density at radius 3 is 2.68 bits per heavy atom. The van der Waals surface area contributed by atoms with Gasteiger partial charge in [0.1, 0.15) is 12.4 Å². The van der Waals surface area contributed by atoms with Crippen molar-refractivity contribution in [3.63, 3.8) is 0 Å². The third kappa shape index (κ3) is 4.78. The zero-order chi connectivity index (χ0) is 20.0. The Labute approximate surface area is 164 Å². The first kappa shape index (κ1) is 20.1. The van der Waals surface area contributed by atoms with E-state index in [-0.39, 0.29) is 10.5 Å². The van der Waals surface area contributed by atoms with Crippen molar-refractivity contribution in [2.75, 3.05) is 38.2 Å². The minimum atomic E-state index is -3.66. The second-order valence-corrected chi connectivity index (χ2v) is 8.06.